The molecule has 0 aliphatic heterocycles. The minimum atomic E-state index is -0.0528. The average Bonchev–Trinajstić information content (AvgIpc) is 2.82. The van der Waals surface area contributed by atoms with E-state index in [-0.39, 0.29) is 11.6 Å². The summed E-state index contributed by atoms with van der Waals surface area (Å²) in [5.74, 6) is 0. The highest BCUT2D eigenvalue weighted by atomic mass is 32.1. The average molecular weight is 465 g/mol. The highest BCUT2D eigenvalue weighted by Crippen LogP contribution is 2.20. The molecule has 5 nitrogen and oxygen atoms in total. The van der Waals surface area contributed by atoms with E-state index in [4.69, 9.17) is 12.2 Å². The lowest BCUT2D eigenvalue weighted by Gasteiger charge is -2.30. The molecule has 33 heavy (non-hydrogen) atoms. The van der Waals surface area contributed by atoms with Gasteiger partial charge in [0.25, 0.3) is 5.56 Å². The zero-order chi connectivity index (χ0) is 24.0. The van der Waals surface area contributed by atoms with E-state index in [0.717, 1.165) is 53.8 Å². The Bertz CT molecular complexity index is 1140. The molecule has 0 aliphatic rings. The molecule has 0 radical (unpaired) electrons. The topological polar surface area (TPSA) is 51.4 Å². The van der Waals surface area contributed by atoms with Crippen LogP contribution in [0.4, 0.5) is 0 Å². The minimum absolute atomic E-state index is 0.0528. The first kappa shape index (κ1) is 24.9. The lowest BCUT2D eigenvalue weighted by molar-refractivity contribution is 0.262. The van der Waals surface area contributed by atoms with Crippen LogP contribution in [0.1, 0.15) is 49.1 Å². The Morgan fingerprint density at radius 3 is 2.36 bits per heavy atom. The smallest absolute Gasteiger partial charge is 0.253 e. The summed E-state index contributed by atoms with van der Waals surface area (Å²) >= 11 is 5.85. The van der Waals surface area contributed by atoms with Crippen LogP contribution in [0.3, 0.4) is 0 Å². The van der Waals surface area contributed by atoms with Gasteiger partial charge in [0, 0.05) is 24.0 Å². The van der Waals surface area contributed by atoms with Gasteiger partial charge < -0.3 is 20.1 Å². The highest BCUT2D eigenvalue weighted by molar-refractivity contribution is 7.80. The summed E-state index contributed by atoms with van der Waals surface area (Å²) < 4.78 is 0. The molecule has 176 valence electrons. The number of aromatic amines is 1. The van der Waals surface area contributed by atoms with Crippen molar-refractivity contribution in [3.8, 4) is 0 Å². The maximum Gasteiger partial charge on any atom is 0.253 e. The molecule has 3 aromatic rings. The summed E-state index contributed by atoms with van der Waals surface area (Å²) in [6.07, 6.45) is 0. The van der Waals surface area contributed by atoms with Crippen LogP contribution in [-0.2, 0) is 6.54 Å². The van der Waals surface area contributed by atoms with E-state index >= 15 is 0 Å². The molecule has 1 atom stereocenters. The number of rotatable bonds is 9. The Hall–Kier alpha value is -2.70. The molecule has 0 saturated carbocycles. The van der Waals surface area contributed by atoms with Crippen molar-refractivity contribution in [2.75, 3.05) is 26.2 Å². The van der Waals surface area contributed by atoms with Crippen molar-refractivity contribution in [1.82, 2.24) is 20.1 Å². The number of pyridine rings is 1. The lowest BCUT2D eigenvalue weighted by Crippen LogP contribution is -2.44. The lowest BCUT2D eigenvalue weighted by atomic mass is 10.0. The molecule has 2 N–H and O–H groups in total. The number of nitrogens with one attached hydrogen (secondary N) is 2. The second kappa shape index (κ2) is 11.4. The largest absolute Gasteiger partial charge is 0.356 e. The normalized spacial score (nSPS) is 12.2. The fraction of sp³-hybridized carbons (Fsp3) is 0.407. The molecule has 0 bridgehead atoms. The molecule has 2 aromatic carbocycles. The summed E-state index contributed by atoms with van der Waals surface area (Å²) in [5.41, 5.74) is 5.00. The van der Waals surface area contributed by atoms with E-state index in [2.05, 4.69) is 66.0 Å². The van der Waals surface area contributed by atoms with Crippen molar-refractivity contribution >= 4 is 28.2 Å². The molecule has 6 heteroatoms. The number of benzene rings is 2. The van der Waals surface area contributed by atoms with Crippen LogP contribution in [0.15, 0.2) is 53.3 Å². The van der Waals surface area contributed by atoms with E-state index in [1.807, 2.05) is 37.3 Å². The van der Waals surface area contributed by atoms with Gasteiger partial charge in [0.15, 0.2) is 5.11 Å². The van der Waals surface area contributed by atoms with Gasteiger partial charge in [0.1, 0.15) is 0 Å². The standard InChI is InChI=1S/C27H36N4OS/c1-6-30(7-2)15-16-31(27(33)28-21(5)22-11-9-8-10-12-22)18-23-17-24-19(3)13-14-20(4)25(24)29-26(23)32/h8-14,17,21H,6-7,15-16,18H2,1-5H3,(H,28,33)(H,29,32). The molecule has 1 heterocycles. The van der Waals surface area contributed by atoms with Gasteiger partial charge in [-0.25, -0.2) is 0 Å². The van der Waals surface area contributed by atoms with Crippen molar-refractivity contribution in [2.45, 2.75) is 47.2 Å². The van der Waals surface area contributed by atoms with Crippen molar-refractivity contribution in [1.29, 1.82) is 0 Å². The first-order chi connectivity index (χ1) is 15.8. The van der Waals surface area contributed by atoms with Gasteiger partial charge >= 0.3 is 0 Å². The van der Waals surface area contributed by atoms with Crippen molar-refractivity contribution in [2.24, 2.45) is 0 Å². The summed E-state index contributed by atoms with van der Waals surface area (Å²) in [4.78, 5) is 20.6. The fourth-order valence-electron chi connectivity index (χ4n) is 4.10. The van der Waals surface area contributed by atoms with E-state index in [1.54, 1.807) is 0 Å². The van der Waals surface area contributed by atoms with E-state index in [0.29, 0.717) is 11.7 Å². The number of thiocarbonyl (C=S) groups is 1. The third-order valence-corrected chi connectivity index (χ3v) is 6.77. The molecule has 0 spiro atoms. The monoisotopic (exact) mass is 464 g/mol. The summed E-state index contributed by atoms with van der Waals surface area (Å²) in [7, 11) is 0. The Balaban J connectivity index is 1.87. The maximum atomic E-state index is 13.0. The number of aryl methyl sites for hydroxylation is 2. The van der Waals surface area contributed by atoms with Crippen molar-refractivity contribution in [3.63, 3.8) is 0 Å². The summed E-state index contributed by atoms with van der Waals surface area (Å²) in [5, 5.41) is 5.23. The maximum absolute atomic E-state index is 13.0. The predicted octanol–water partition coefficient (Wildman–Crippen LogP) is 4.92. The number of hydrogen-bond donors (Lipinski definition) is 2. The Labute approximate surface area is 202 Å². The molecule has 1 unspecified atom stereocenters. The third kappa shape index (κ3) is 6.21. The summed E-state index contributed by atoms with van der Waals surface area (Å²) in [6.45, 7) is 14.6. The second-order valence-corrected chi connectivity index (χ2v) is 9.03. The zero-order valence-electron chi connectivity index (χ0n) is 20.4. The fourth-order valence-corrected chi connectivity index (χ4v) is 4.43. The number of aromatic nitrogens is 1. The number of likely N-dealkylation sites (N-methyl/N-ethyl adjacent to an activating group) is 1. The van der Waals surface area contributed by atoms with E-state index < -0.39 is 0 Å². The van der Waals surface area contributed by atoms with Gasteiger partial charge in [-0.05, 0) is 68.8 Å². The molecule has 0 saturated heterocycles. The van der Waals surface area contributed by atoms with Crippen LogP contribution in [0, 0.1) is 13.8 Å². The molecular formula is C27H36N4OS. The number of nitrogens with zero attached hydrogens (tertiary/aromatic N) is 2. The van der Waals surface area contributed by atoms with Crippen molar-refractivity contribution < 1.29 is 0 Å². The number of fused-ring (bicyclic) bond motifs is 1. The van der Waals surface area contributed by atoms with Gasteiger partial charge in [-0.2, -0.15) is 0 Å². The first-order valence-corrected chi connectivity index (χ1v) is 12.2. The van der Waals surface area contributed by atoms with Gasteiger partial charge in [-0.15, -0.1) is 0 Å². The molecule has 0 amide bonds. The minimum Gasteiger partial charge on any atom is -0.356 e. The van der Waals surface area contributed by atoms with E-state index in [9.17, 15) is 4.79 Å². The first-order valence-electron chi connectivity index (χ1n) is 11.8. The Morgan fingerprint density at radius 2 is 1.70 bits per heavy atom. The second-order valence-electron chi connectivity index (χ2n) is 8.64. The van der Waals surface area contributed by atoms with Crippen molar-refractivity contribution in [3.05, 3.63) is 81.1 Å². The number of hydrogen-bond acceptors (Lipinski definition) is 3. The summed E-state index contributed by atoms with van der Waals surface area (Å²) in [6, 6.07) is 16.5. The quantitative estimate of drug-likeness (QED) is 0.440. The zero-order valence-corrected chi connectivity index (χ0v) is 21.3. The van der Waals surface area contributed by atoms with Crippen LogP contribution < -0.4 is 10.9 Å². The Kier molecular flexibility index (Phi) is 8.64. The predicted molar refractivity (Wildman–Crippen MR) is 143 cm³/mol. The highest BCUT2D eigenvalue weighted by Gasteiger charge is 2.17. The van der Waals surface area contributed by atoms with Gasteiger partial charge in [-0.3, -0.25) is 4.79 Å². The van der Waals surface area contributed by atoms with Crippen LogP contribution >= 0.6 is 12.2 Å². The molecule has 1 aromatic heterocycles. The molecular weight excluding hydrogens is 428 g/mol. The van der Waals surface area contributed by atoms with E-state index in [1.165, 1.54) is 5.56 Å². The van der Waals surface area contributed by atoms with Crippen LogP contribution in [0.25, 0.3) is 10.9 Å². The SMILES string of the molecule is CCN(CC)CCN(Cc1cc2c(C)ccc(C)c2[nH]c1=O)C(=S)NC(C)c1ccccc1. The van der Waals surface area contributed by atoms with Crippen LogP contribution in [0.2, 0.25) is 0 Å². The molecule has 0 aliphatic carbocycles. The molecule has 3 rings (SSSR count). The van der Waals surface area contributed by atoms with Gasteiger partial charge in [0.2, 0.25) is 0 Å². The Morgan fingerprint density at radius 1 is 1.03 bits per heavy atom. The number of H-pyrrole nitrogens is 1. The van der Waals surface area contributed by atoms with Gasteiger partial charge in [0.05, 0.1) is 18.1 Å². The third-order valence-electron chi connectivity index (χ3n) is 6.39. The van der Waals surface area contributed by atoms with Crippen LogP contribution in [0.5, 0.6) is 0 Å². The molecule has 0 fully saturated rings. The van der Waals surface area contributed by atoms with Crippen LogP contribution in [-0.4, -0.2) is 46.1 Å². The van der Waals surface area contributed by atoms with Gasteiger partial charge in [-0.1, -0.05) is 56.3 Å².